The monoisotopic (exact) mass is 317 g/mol. The molecule has 5 nitrogen and oxygen atoms in total. The van der Waals surface area contributed by atoms with Crippen molar-refractivity contribution >= 4 is 33.8 Å². The Morgan fingerprint density at radius 1 is 0.917 bits per heavy atom. The molecule has 5 heteroatoms. The summed E-state index contributed by atoms with van der Waals surface area (Å²) >= 11 is 0. The summed E-state index contributed by atoms with van der Waals surface area (Å²) in [5.41, 5.74) is 9.52. The van der Waals surface area contributed by atoms with Crippen molar-refractivity contribution < 1.29 is 9.59 Å². The van der Waals surface area contributed by atoms with Crippen molar-refractivity contribution in [2.24, 2.45) is 5.73 Å². The first kappa shape index (κ1) is 14.4. The minimum Gasteiger partial charge on any atom is -0.369 e. The molecule has 4 aromatic rings. The molecule has 4 rings (SSSR count). The van der Waals surface area contributed by atoms with Crippen LogP contribution in [0.25, 0.3) is 21.9 Å². The largest absolute Gasteiger partial charge is 0.369 e. The van der Waals surface area contributed by atoms with E-state index in [2.05, 4.69) is 4.98 Å². The molecule has 0 radical (unpaired) electrons. The lowest BCUT2D eigenvalue weighted by molar-refractivity contribution is -0.117. The van der Waals surface area contributed by atoms with Crippen LogP contribution in [-0.4, -0.2) is 21.4 Å². The lowest BCUT2D eigenvalue weighted by Crippen LogP contribution is -2.14. The van der Waals surface area contributed by atoms with Crippen LogP contribution in [0.3, 0.4) is 0 Å². The van der Waals surface area contributed by atoms with Crippen molar-refractivity contribution in [1.29, 1.82) is 0 Å². The Bertz CT molecular complexity index is 1020. The number of para-hydroxylation sites is 1. The Hall–Kier alpha value is -3.21. The number of aromatic nitrogens is 2. The van der Waals surface area contributed by atoms with E-state index >= 15 is 0 Å². The molecule has 0 saturated heterocycles. The van der Waals surface area contributed by atoms with E-state index in [1.807, 2.05) is 48.5 Å². The van der Waals surface area contributed by atoms with Crippen LogP contribution in [0.2, 0.25) is 0 Å². The third-order valence-corrected chi connectivity index (χ3v) is 4.27. The number of primary amides is 1. The first-order chi connectivity index (χ1) is 11.6. The van der Waals surface area contributed by atoms with Gasteiger partial charge in [-0.2, -0.15) is 0 Å². The highest BCUT2D eigenvalue weighted by atomic mass is 16.2. The molecule has 0 aliphatic heterocycles. The quantitative estimate of drug-likeness (QED) is 0.628. The van der Waals surface area contributed by atoms with Gasteiger partial charge >= 0.3 is 0 Å². The van der Waals surface area contributed by atoms with Gasteiger partial charge < -0.3 is 5.73 Å². The average Bonchev–Trinajstić information content (AvgIpc) is 3.15. The molecule has 118 valence electrons. The van der Waals surface area contributed by atoms with E-state index in [9.17, 15) is 9.59 Å². The molecule has 0 aliphatic rings. The van der Waals surface area contributed by atoms with Crippen LogP contribution in [-0.2, 0) is 17.6 Å². The van der Waals surface area contributed by atoms with Crippen molar-refractivity contribution in [2.75, 3.05) is 0 Å². The molecule has 1 aromatic carbocycles. The van der Waals surface area contributed by atoms with Crippen LogP contribution in [0.1, 0.15) is 15.9 Å². The zero-order valence-electron chi connectivity index (χ0n) is 12.9. The fourth-order valence-corrected chi connectivity index (χ4v) is 3.21. The number of fused-ring (bicyclic) bond motifs is 3. The van der Waals surface area contributed by atoms with Gasteiger partial charge in [-0.3, -0.25) is 19.1 Å². The number of carbonyl (C=O) groups is 2. The van der Waals surface area contributed by atoms with E-state index in [0.717, 1.165) is 33.1 Å². The molecule has 2 N–H and O–H groups in total. The number of benzene rings is 2. The second-order valence-corrected chi connectivity index (χ2v) is 5.85. The number of pyridine rings is 1. The average molecular weight is 317 g/mol. The van der Waals surface area contributed by atoms with Crippen molar-refractivity contribution in [3.8, 4) is 0 Å². The lowest BCUT2D eigenvalue weighted by Gasteiger charge is -2.09. The van der Waals surface area contributed by atoms with Crippen LogP contribution in [0.5, 0.6) is 0 Å². The maximum absolute atomic E-state index is 12.7. The lowest BCUT2D eigenvalue weighted by atomic mass is 10.0. The summed E-state index contributed by atoms with van der Waals surface area (Å²) in [4.78, 5) is 28.3. The van der Waals surface area contributed by atoms with Gasteiger partial charge in [-0.15, -0.1) is 0 Å². The molecule has 0 aliphatic carbocycles. The molecule has 0 saturated carbocycles. The van der Waals surface area contributed by atoms with Gasteiger partial charge in [0.15, 0.2) is 0 Å². The van der Waals surface area contributed by atoms with Crippen LogP contribution in [0.4, 0.5) is 0 Å². The normalized spacial score (nSPS) is 11.3. The Labute approximate surface area is 138 Å². The summed E-state index contributed by atoms with van der Waals surface area (Å²) in [5.74, 6) is -0.382. The summed E-state index contributed by atoms with van der Waals surface area (Å²) in [6.07, 6.45) is 2.08. The zero-order valence-corrected chi connectivity index (χ0v) is 12.9. The van der Waals surface area contributed by atoms with Crippen molar-refractivity contribution in [1.82, 2.24) is 9.55 Å². The molecule has 0 fully saturated rings. The van der Waals surface area contributed by atoms with Crippen LogP contribution in [0.15, 0.2) is 54.7 Å². The summed E-state index contributed by atoms with van der Waals surface area (Å²) in [5, 5.41) is 0.882. The van der Waals surface area contributed by atoms with Crippen molar-refractivity contribution in [3.63, 3.8) is 0 Å². The predicted molar refractivity (Wildman–Crippen MR) is 92.1 cm³/mol. The van der Waals surface area contributed by atoms with E-state index in [0.29, 0.717) is 0 Å². The van der Waals surface area contributed by atoms with Gasteiger partial charge in [-0.05, 0) is 41.5 Å². The Morgan fingerprint density at radius 3 is 2.29 bits per heavy atom. The smallest absolute Gasteiger partial charge is 0.235 e. The number of hydrogen-bond donors (Lipinski definition) is 1. The fraction of sp³-hybridized carbons (Fsp3) is 0.105. The Kier molecular flexibility index (Phi) is 3.27. The highest BCUT2D eigenvalue weighted by Crippen LogP contribution is 2.23. The summed E-state index contributed by atoms with van der Waals surface area (Å²) in [7, 11) is 0. The predicted octanol–water partition coefficient (Wildman–Crippen LogP) is 2.54. The third-order valence-electron chi connectivity index (χ3n) is 4.27. The summed E-state index contributed by atoms with van der Waals surface area (Å²) in [6, 6.07) is 15.2. The Balaban J connectivity index is 1.74. The van der Waals surface area contributed by atoms with Crippen molar-refractivity contribution in [2.45, 2.75) is 12.8 Å². The molecule has 0 spiro atoms. The molecule has 3 heterocycles. The first-order valence-corrected chi connectivity index (χ1v) is 7.70. The molecule has 24 heavy (non-hydrogen) atoms. The number of carbonyl (C=O) groups excluding carboxylic acids is 2. The SMILES string of the molecule is NC(=O)Cc1cccc2c(CC(=O)n3c4ccc3cc4)ccnc12. The molecule has 3 aromatic heterocycles. The van der Waals surface area contributed by atoms with E-state index in [-0.39, 0.29) is 18.7 Å². The number of nitrogens with two attached hydrogens (primary N) is 1. The maximum Gasteiger partial charge on any atom is 0.235 e. The molecule has 0 atom stereocenters. The standard InChI is InChI=1S/C19H15N3O2/c20-17(23)10-13-2-1-3-16-12(8-9-21-19(13)16)11-18(24)22-14-4-5-15(22)7-6-14/h1-9H,10-11H2,(H2,20,23). The number of rotatable bonds is 4. The second kappa shape index (κ2) is 5.45. The van der Waals surface area contributed by atoms with Gasteiger partial charge in [0.25, 0.3) is 0 Å². The van der Waals surface area contributed by atoms with E-state index in [1.165, 1.54) is 0 Å². The summed E-state index contributed by atoms with van der Waals surface area (Å²) in [6.45, 7) is 0. The second-order valence-electron chi connectivity index (χ2n) is 5.85. The van der Waals surface area contributed by atoms with Gasteiger partial charge in [0, 0.05) is 22.6 Å². The Morgan fingerprint density at radius 2 is 1.62 bits per heavy atom. The van der Waals surface area contributed by atoms with Crippen LogP contribution < -0.4 is 5.73 Å². The van der Waals surface area contributed by atoms with E-state index < -0.39 is 5.91 Å². The minimum atomic E-state index is -0.399. The molecule has 0 unspecified atom stereocenters. The van der Waals surface area contributed by atoms with Gasteiger partial charge in [0.05, 0.1) is 18.4 Å². The minimum absolute atomic E-state index is 0.0165. The third kappa shape index (κ3) is 2.31. The number of nitrogens with zero attached hydrogens (tertiary/aromatic N) is 2. The van der Waals surface area contributed by atoms with Gasteiger partial charge in [-0.25, -0.2) is 0 Å². The molecular formula is C19H15N3O2. The van der Waals surface area contributed by atoms with Crippen molar-refractivity contribution in [3.05, 3.63) is 65.9 Å². The maximum atomic E-state index is 12.7. The zero-order chi connectivity index (χ0) is 16.7. The topological polar surface area (TPSA) is 78.0 Å². The van der Waals surface area contributed by atoms with Gasteiger partial charge in [-0.1, -0.05) is 18.2 Å². The van der Waals surface area contributed by atoms with E-state index in [4.69, 9.17) is 5.73 Å². The van der Waals surface area contributed by atoms with Crippen LogP contribution in [0, 0.1) is 0 Å². The highest BCUT2D eigenvalue weighted by molar-refractivity contribution is 5.96. The fourth-order valence-electron chi connectivity index (χ4n) is 3.21. The molecular weight excluding hydrogens is 302 g/mol. The van der Waals surface area contributed by atoms with E-state index in [1.54, 1.807) is 10.8 Å². The molecule has 1 amide bonds. The van der Waals surface area contributed by atoms with Gasteiger partial charge in [0.1, 0.15) is 0 Å². The van der Waals surface area contributed by atoms with Gasteiger partial charge in [0.2, 0.25) is 11.8 Å². The summed E-state index contributed by atoms with van der Waals surface area (Å²) < 4.78 is 1.72. The number of amides is 1. The number of hydrogen-bond acceptors (Lipinski definition) is 3. The van der Waals surface area contributed by atoms with Crippen LogP contribution >= 0.6 is 0 Å². The highest BCUT2D eigenvalue weighted by Gasteiger charge is 2.15. The molecule has 2 bridgehead atoms. The first-order valence-electron chi connectivity index (χ1n) is 7.70.